The fraction of sp³-hybridized carbons (Fsp3) is 0.800. The van der Waals surface area contributed by atoms with Gasteiger partial charge >= 0.3 is 24.0 Å². The van der Waals surface area contributed by atoms with Crippen molar-refractivity contribution in [3.8, 4) is 0 Å². The van der Waals surface area contributed by atoms with Crippen LogP contribution >= 0.6 is 0 Å². The Labute approximate surface area is 198 Å². The van der Waals surface area contributed by atoms with Crippen molar-refractivity contribution in [2.24, 2.45) is 0 Å². The topological polar surface area (TPSA) is 91.3 Å². The number of hydrogen-bond donors (Lipinski definition) is 1. The predicted octanol–water partition coefficient (Wildman–Crippen LogP) is 4.78. The van der Waals surface area contributed by atoms with Crippen LogP contribution in [0.1, 0.15) is 26.2 Å². The van der Waals surface area contributed by atoms with Crippen LogP contribution in [0.15, 0.2) is 12.2 Å². The Morgan fingerprint density at radius 2 is 1.56 bits per heavy atom. The standard InChI is InChI=1S/C20H35F5O7Si2/c1-14(8-9-16(27)29-11-10-19(21,22)20(23,24)25)17(28)31-18(15(2)26)30-12-13-34(6,7)32-33(3,4)5/h15,18,26H,1,8-13H2,2-7H3. The van der Waals surface area contributed by atoms with Crippen LogP contribution < -0.4 is 0 Å². The first-order valence-corrected chi connectivity index (χ1v) is 17.2. The Bertz CT molecular complexity index is 692. The van der Waals surface area contributed by atoms with E-state index in [1.807, 2.05) is 13.1 Å². The van der Waals surface area contributed by atoms with Crippen molar-refractivity contribution in [2.75, 3.05) is 13.2 Å². The highest BCUT2D eigenvalue weighted by atomic mass is 28.4. The van der Waals surface area contributed by atoms with Gasteiger partial charge < -0.3 is 23.4 Å². The molecule has 0 aliphatic carbocycles. The van der Waals surface area contributed by atoms with Crippen molar-refractivity contribution in [1.82, 2.24) is 0 Å². The number of carbonyl (C=O) groups excluding carboxylic acids is 2. The molecule has 0 spiro atoms. The average Bonchev–Trinajstić information content (AvgIpc) is 2.61. The van der Waals surface area contributed by atoms with Crippen molar-refractivity contribution in [2.45, 2.75) is 89.5 Å². The summed E-state index contributed by atoms with van der Waals surface area (Å²) in [6, 6.07) is 0.595. The normalized spacial score (nSPS) is 14.9. The highest BCUT2D eigenvalue weighted by Crippen LogP contribution is 2.37. The summed E-state index contributed by atoms with van der Waals surface area (Å²) >= 11 is 0. The number of esters is 2. The minimum absolute atomic E-state index is 0.175. The third-order valence-corrected chi connectivity index (χ3v) is 10.3. The molecule has 0 saturated carbocycles. The Hall–Kier alpha value is -1.36. The fourth-order valence-corrected chi connectivity index (χ4v) is 10.3. The van der Waals surface area contributed by atoms with Crippen molar-refractivity contribution < 1.29 is 55.0 Å². The maximum atomic E-state index is 12.8. The average molecular weight is 539 g/mol. The van der Waals surface area contributed by atoms with Gasteiger partial charge in [0.1, 0.15) is 6.10 Å². The number of hydrogen-bond acceptors (Lipinski definition) is 7. The molecule has 0 rings (SSSR count). The molecule has 34 heavy (non-hydrogen) atoms. The first-order valence-electron chi connectivity index (χ1n) is 10.7. The summed E-state index contributed by atoms with van der Waals surface area (Å²) in [5, 5.41) is 9.84. The first-order chi connectivity index (χ1) is 15.2. The molecule has 0 aromatic rings. The van der Waals surface area contributed by atoms with Gasteiger partial charge in [-0.25, -0.2) is 4.79 Å². The monoisotopic (exact) mass is 538 g/mol. The highest BCUT2D eigenvalue weighted by Gasteiger charge is 2.57. The minimum Gasteiger partial charge on any atom is -0.465 e. The molecule has 0 heterocycles. The third kappa shape index (κ3) is 13.5. The maximum absolute atomic E-state index is 12.8. The second-order valence-electron chi connectivity index (χ2n) is 9.39. The van der Waals surface area contributed by atoms with Gasteiger partial charge in [-0.3, -0.25) is 4.79 Å². The third-order valence-electron chi connectivity index (χ3n) is 4.20. The van der Waals surface area contributed by atoms with E-state index in [-0.39, 0.29) is 18.6 Å². The maximum Gasteiger partial charge on any atom is 0.453 e. The quantitative estimate of drug-likeness (QED) is 0.106. The molecule has 0 aromatic heterocycles. The predicted molar refractivity (Wildman–Crippen MR) is 119 cm³/mol. The Kier molecular flexibility index (Phi) is 12.6. The fourth-order valence-electron chi connectivity index (χ4n) is 2.62. The second-order valence-corrected chi connectivity index (χ2v) is 18.4. The van der Waals surface area contributed by atoms with Gasteiger partial charge in [-0.05, 0) is 52.1 Å². The zero-order valence-electron chi connectivity index (χ0n) is 20.4. The van der Waals surface area contributed by atoms with E-state index in [1.54, 1.807) is 0 Å². The molecule has 7 nitrogen and oxygen atoms in total. The number of ether oxygens (including phenoxy) is 3. The van der Waals surface area contributed by atoms with Crippen LogP contribution in [-0.4, -0.2) is 71.4 Å². The van der Waals surface area contributed by atoms with Gasteiger partial charge in [0.15, 0.2) is 16.6 Å². The van der Waals surface area contributed by atoms with Gasteiger partial charge in [0, 0.05) is 12.0 Å². The number of halogens is 5. The van der Waals surface area contributed by atoms with Gasteiger partial charge in [-0.1, -0.05) is 6.58 Å². The largest absolute Gasteiger partial charge is 0.465 e. The number of aliphatic hydroxyl groups is 1. The van der Waals surface area contributed by atoms with E-state index in [0.717, 1.165) is 0 Å². The van der Waals surface area contributed by atoms with E-state index in [2.05, 4.69) is 31.0 Å². The Balaban J connectivity index is 4.52. The number of carbonyl (C=O) groups is 2. The van der Waals surface area contributed by atoms with Gasteiger partial charge in [0.05, 0.1) is 19.6 Å². The van der Waals surface area contributed by atoms with Crippen LogP contribution in [0, 0.1) is 0 Å². The molecule has 0 aromatic carbocycles. The number of alkyl halides is 5. The number of aliphatic hydroxyl groups excluding tert-OH is 1. The molecular weight excluding hydrogens is 503 g/mol. The molecule has 0 fully saturated rings. The lowest BCUT2D eigenvalue weighted by atomic mass is 10.1. The van der Waals surface area contributed by atoms with Crippen LogP contribution in [0.5, 0.6) is 0 Å². The zero-order chi connectivity index (χ0) is 27.0. The van der Waals surface area contributed by atoms with Gasteiger partial charge in [0.25, 0.3) is 0 Å². The van der Waals surface area contributed by atoms with E-state index in [0.29, 0.717) is 6.04 Å². The summed E-state index contributed by atoms with van der Waals surface area (Å²) in [6.45, 7) is 14.1. The summed E-state index contributed by atoms with van der Waals surface area (Å²) in [5.41, 5.74) is -0.191. The van der Waals surface area contributed by atoms with E-state index >= 15 is 0 Å². The van der Waals surface area contributed by atoms with Crippen molar-refractivity contribution in [1.29, 1.82) is 0 Å². The van der Waals surface area contributed by atoms with Crippen LogP contribution in [0.2, 0.25) is 38.8 Å². The molecule has 0 aliphatic rings. The minimum atomic E-state index is -5.74. The summed E-state index contributed by atoms with van der Waals surface area (Å²) in [5.74, 6) is -7.02. The SMILES string of the molecule is C=C(CCC(=O)OCCC(F)(F)C(F)(F)F)C(=O)OC(OCC[Si](C)(C)O[Si](C)(C)C)C(C)O. The van der Waals surface area contributed by atoms with E-state index in [9.17, 15) is 36.6 Å². The lowest BCUT2D eigenvalue weighted by Crippen LogP contribution is -2.43. The molecule has 2 atom stereocenters. The second kappa shape index (κ2) is 13.1. The van der Waals surface area contributed by atoms with Gasteiger partial charge in [-0.15, -0.1) is 0 Å². The summed E-state index contributed by atoms with van der Waals surface area (Å²) in [4.78, 5) is 23.7. The number of rotatable bonds is 15. The first kappa shape index (κ1) is 32.6. The highest BCUT2D eigenvalue weighted by molar-refractivity contribution is 6.84. The molecular formula is C20H35F5O7Si2. The lowest BCUT2D eigenvalue weighted by Gasteiger charge is -2.32. The van der Waals surface area contributed by atoms with Gasteiger partial charge in [0.2, 0.25) is 6.29 Å². The van der Waals surface area contributed by atoms with Crippen LogP contribution in [0.3, 0.4) is 0 Å². The van der Waals surface area contributed by atoms with E-state index in [4.69, 9.17) is 13.6 Å². The van der Waals surface area contributed by atoms with Crippen LogP contribution in [-0.2, 0) is 27.9 Å². The van der Waals surface area contributed by atoms with E-state index < -0.39 is 72.5 Å². The molecule has 0 bridgehead atoms. The molecule has 14 heteroatoms. The Morgan fingerprint density at radius 1 is 1.00 bits per heavy atom. The summed E-state index contributed by atoms with van der Waals surface area (Å²) in [7, 11) is -3.77. The van der Waals surface area contributed by atoms with E-state index in [1.165, 1.54) is 6.92 Å². The lowest BCUT2D eigenvalue weighted by molar-refractivity contribution is -0.286. The molecule has 0 aliphatic heterocycles. The molecule has 2 unspecified atom stereocenters. The zero-order valence-corrected chi connectivity index (χ0v) is 22.4. The smallest absolute Gasteiger partial charge is 0.453 e. The molecule has 1 N–H and O–H groups in total. The van der Waals surface area contributed by atoms with Crippen molar-refractivity contribution in [3.05, 3.63) is 12.2 Å². The molecule has 0 saturated heterocycles. The molecule has 0 amide bonds. The summed E-state index contributed by atoms with van der Waals surface area (Å²) in [6.07, 6.45) is -10.7. The van der Waals surface area contributed by atoms with Crippen LogP contribution in [0.4, 0.5) is 22.0 Å². The molecule has 200 valence electrons. The van der Waals surface area contributed by atoms with Crippen LogP contribution in [0.25, 0.3) is 0 Å². The van der Waals surface area contributed by atoms with Crippen molar-refractivity contribution in [3.63, 3.8) is 0 Å². The molecule has 0 radical (unpaired) electrons. The van der Waals surface area contributed by atoms with Crippen molar-refractivity contribution >= 4 is 28.6 Å². The summed E-state index contributed by atoms with van der Waals surface area (Å²) < 4.78 is 82.9. The Morgan fingerprint density at radius 3 is 2.03 bits per heavy atom. The van der Waals surface area contributed by atoms with Gasteiger partial charge in [-0.2, -0.15) is 22.0 Å².